The summed E-state index contributed by atoms with van der Waals surface area (Å²) in [4.78, 5) is 11.7. The first kappa shape index (κ1) is 15.1. The Balaban J connectivity index is 2.45. The molecule has 0 aliphatic carbocycles. The van der Waals surface area contributed by atoms with Crippen LogP contribution in [0.2, 0.25) is 5.02 Å². The van der Waals surface area contributed by atoms with Crippen LogP contribution in [-0.4, -0.2) is 17.9 Å². The van der Waals surface area contributed by atoms with E-state index in [9.17, 15) is 9.18 Å². The summed E-state index contributed by atoms with van der Waals surface area (Å²) >= 11 is 5.87. The fourth-order valence-corrected chi connectivity index (χ4v) is 1.78. The Morgan fingerprint density at radius 3 is 2.61 bits per heavy atom. The number of nitrogens with one attached hydrogen (secondary N) is 1. The number of rotatable bonds is 5. The molecule has 2 nitrogen and oxygen atoms in total. The molecular weight excluding hydrogens is 253 g/mol. The van der Waals surface area contributed by atoms with Crippen molar-refractivity contribution >= 4 is 17.4 Å². The highest BCUT2D eigenvalue weighted by molar-refractivity contribution is 6.31. The van der Waals surface area contributed by atoms with Gasteiger partial charge in [0.2, 0.25) is 0 Å². The quantitative estimate of drug-likeness (QED) is 0.890. The molecule has 0 aliphatic rings. The van der Waals surface area contributed by atoms with Gasteiger partial charge in [-0.25, -0.2) is 4.39 Å². The predicted octanol–water partition coefficient (Wildman–Crippen LogP) is 3.37. The van der Waals surface area contributed by atoms with Gasteiger partial charge in [0.25, 0.3) is 0 Å². The van der Waals surface area contributed by atoms with E-state index in [0.717, 1.165) is 0 Å². The molecule has 0 atom stereocenters. The minimum Gasteiger partial charge on any atom is -0.312 e. The lowest BCUT2D eigenvalue weighted by Gasteiger charge is -2.20. The number of carbonyl (C=O) groups excluding carboxylic acids is 1. The van der Waals surface area contributed by atoms with Crippen LogP contribution in [0.15, 0.2) is 18.2 Å². The highest BCUT2D eigenvalue weighted by Gasteiger charge is 2.11. The third kappa shape index (κ3) is 5.61. The monoisotopic (exact) mass is 271 g/mol. The Morgan fingerprint density at radius 2 is 2.06 bits per heavy atom. The summed E-state index contributed by atoms with van der Waals surface area (Å²) in [6.45, 7) is 6.79. The Bertz CT molecular complexity index is 426. The molecule has 0 saturated heterocycles. The van der Waals surface area contributed by atoms with Crippen molar-refractivity contribution in [1.29, 1.82) is 0 Å². The van der Waals surface area contributed by atoms with Crippen LogP contribution in [0, 0.1) is 5.82 Å². The second kappa shape index (κ2) is 6.30. The van der Waals surface area contributed by atoms with Crippen molar-refractivity contribution in [1.82, 2.24) is 5.32 Å². The van der Waals surface area contributed by atoms with Crippen LogP contribution in [0.3, 0.4) is 0 Å². The maximum absolute atomic E-state index is 12.8. The molecule has 0 fully saturated rings. The van der Waals surface area contributed by atoms with Crippen molar-refractivity contribution in [2.75, 3.05) is 6.54 Å². The SMILES string of the molecule is CC(C)(C)NCCC(=O)Cc1ccc(F)cc1Cl. The van der Waals surface area contributed by atoms with Gasteiger partial charge in [-0.2, -0.15) is 0 Å². The lowest BCUT2D eigenvalue weighted by Crippen LogP contribution is -2.37. The molecule has 1 rings (SSSR count). The Kier molecular flexibility index (Phi) is 5.29. The first-order chi connectivity index (χ1) is 8.28. The molecule has 0 saturated carbocycles. The molecule has 0 heterocycles. The number of halogens is 2. The van der Waals surface area contributed by atoms with E-state index in [1.165, 1.54) is 12.1 Å². The summed E-state index contributed by atoms with van der Waals surface area (Å²) in [6, 6.07) is 4.12. The second-order valence-corrected chi connectivity index (χ2v) is 5.79. The van der Waals surface area contributed by atoms with Gasteiger partial charge in [0.05, 0.1) is 0 Å². The molecule has 1 aromatic carbocycles. The summed E-state index contributed by atoms with van der Waals surface area (Å²) in [5.74, 6) is -0.286. The van der Waals surface area contributed by atoms with Gasteiger partial charge in [-0.1, -0.05) is 17.7 Å². The average molecular weight is 272 g/mol. The van der Waals surface area contributed by atoms with Crippen molar-refractivity contribution in [3.8, 4) is 0 Å². The minimum absolute atomic E-state index is 0.00774. The molecule has 1 aromatic rings. The van der Waals surface area contributed by atoms with Crippen LogP contribution < -0.4 is 5.32 Å². The van der Waals surface area contributed by atoms with Crippen LogP contribution in [-0.2, 0) is 11.2 Å². The van der Waals surface area contributed by atoms with E-state index in [0.29, 0.717) is 23.6 Å². The largest absolute Gasteiger partial charge is 0.312 e. The molecule has 0 spiro atoms. The van der Waals surface area contributed by atoms with Crippen molar-refractivity contribution in [3.63, 3.8) is 0 Å². The van der Waals surface area contributed by atoms with Crippen molar-refractivity contribution in [3.05, 3.63) is 34.6 Å². The Morgan fingerprint density at radius 1 is 1.39 bits per heavy atom. The third-order valence-corrected chi connectivity index (χ3v) is 2.81. The predicted molar refractivity (Wildman–Crippen MR) is 72.5 cm³/mol. The zero-order valence-electron chi connectivity index (χ0n) is 11.0. The van der Waals surface area contributed by atoms with Gasteiger partial charge < -0.3 is 5.32 Å². The lowest BCUT2D eigenvalue weighted by atomic mass is 10.1. The molecular formula is C14H19ClFNO. The maximum Gasteiger partial charge on any atom is 0.138 e. The van der Waals surface area contributed by atoms with Gasteiger partial charge in [0.1, 0.15) is 11.6 Å². The topological polar surface area (TPSA) is 29.1 Å². The van der Waals surface area contributed by atoms with E-state index in [1.54, 1.807) is 6.07 Å². The minimum atomic E-state index is -0.384. The molecule has 0 bridgehead atoms. The smallest absolute Gasteiger partial charge is 0.138 e. The summed E-state index contributed by atoms with van der Waals surface area (Å²) in [5, 5.41) is 3.56. The molecule has 100 valence electrons. The van der Waals surface area contributed by atoms with Crippen molar-refractivity contribution in [2.45, 2.75) is 39.2 Å². The van der Waals surface area contributed by atoms with Crippen LogP contribution in [0.1, 0.15) is 32.8 Å². The number of hydrogen-bond donors (Lipinski definition) is 1. The standard InChI is InChI=1S/C14H19ClFNO/c1-14(2,3)17-7-6-12(18)8-10-4-5-11(16)9-13(10)15/h4-5,9,17H,6-8H2,1-3H3. The van der Waals surface area contributed by atoms with E-state index in [-0.39, 0.29) is 23.6 Å². The zero-order valence-corrected chi connectivity index (χ0v) is 11.8. The summed E-state index contributed by atoms with van der Waals surface area (Å²) in [7, 11) is 0. The number of ketones is 1. The van der Waals surface area contributed by atoms with Crippen LogP contribution >= 0.6 is 11.6 Å². The Labute approximate surface area is 113 Å². The molecule has 4 heteroatoms. The van der Waals surface area contributed by atoms with E-state index in [1.807, 2.05) is 20.8 Å². The molecule has 0 aromatic heterocycles. The summed E-state index contributed by atoms with van der Waals surface area (Å²) in [6.07, 6.45) is 0.704. The molecule has 1 N–H and O–H groups in total. The average Bonchev–Trinajstić information content (AvgIpc) is 2.20. The van der Waals surface area contributed by atoms with E-state index >= 15 is 0 Å². The van der Waals surface area contributed by atoms with Gasteiger partial charge in [-0.05, 0) is 38.5 Å². The second-order valence-electron chi connectivity index (χ2n) is 5.38. The maximum atomic E-state index is 12.8. The molecule has 0 unspecified atom stereocenters. The number of hydrogen-bond acceptors (Lipinski definition) is 2. The highest BCUT2D eigenvalue weighted by atomic mass is 35.5. The van der Waals surface area contributed by atoms with Gasteiger partial charge in [0.15, 0.2) is 0 Å². The fraction of sp³-hybridized carbons (Fsp3) is 0.500. The van der Waals surface area contributed by atoms with Gasteiger partial charge in [-0.15, -0.1) is 0 Å². The molecule has 0 aliphatic heterocycles. The molecule has 18 heavy (non-hydrogen) atoms. The highest BCUT2D eigenvalue weighted by Crippen LogP contribution is 2.18. The van der Waals surface area contributed by atoms with E-state index in [2.05, 4.69) is 5.32 Å². The van der Waals surface area contributed by atoms with E-state index < -0.39 is 0 Å². The zero-order chi connectivity index (χ0) is 13.8. The lowest BCUT2D eigenvalue weighted by molar-refractivity contribution is -0.118. The third-order valence-electron chi connectivity index (χ3n) is 2.46. The van der Waals surface area contributed by atoms with Crippen molar-refractivity contribution < 1.29 is 9.18 Å². The van der Waals surface area contributed by atoms with Crippen molar-refractivity contribution in [2.24, 2.45) is 0 Å². The van der Waals surface area contributed by atoms with Crippen LogP contribution in [0.25, 0.3) is 0 Å². The molecule has 0 radical (unpaired) electrons. The normalized spacial score (nSPS) is 11.6. The summed E-state index contributed by atoms with van der Waals surface area (Å²) in [5.41, 5.74) is 0.687. The fourth-order valence-electron chi connectivity index (χ4n) is 1.54. The molecule has 0 amide bonds. The van der Waals surface area contributed by atoms with Gasteiger partial charge in [0, 0.05) is 29.9 Å². The first-order valence-corrected chi connectivity index (χ1v) is 6.36. The number of carbonyl (C=O) groups is 1. The van der Waals surface area contributed by atoms with Crippen LogP contribution in [0.5, 0.6) is 0 Å². The number of Topliss-reactive ketones (excluding diaryl/α,β-unsaturated/α-hetero) is 1. The number of benzene rings is 1. The van der Waals surface area contributed by atoms with E-state index in [4.69, 9.17) is 11.6 Å². The van der Waals surface area contributed by atoms with Crippen LogP contribution in [0.4, 0.5) is 4.39 Å². The van der Waals surface area contributed by atoms with Gasteiger partial charge in [-0.3, -0.25) is 4.79 Å². The Hall–Kier alpha value is -0.930. The van der Waals surface area contributed by atoms with Gasteiger partial charge >= 0.3 is 0 Å². The summed E-state index contributed by atoms with van der Waals surface area (Å²) < 4.78 is 12.8. The first-order valence-electron chi connectivity index (χ1n) is 5.98.